The molecule has 0 aliphatic carbocycles. The maximum Gasteiger partial charge on any atom is 0.254 e. The molecule has 0 radical (unpaired) electrons. The van der Waals surface area contributed by atoms with Crippen LogP contribution in [0.1, 0.15) is 22.8 Å². The van der Waals surface area contributed by atoms with Crippen LogP contribution in [0.15, 0.2) is 18.2 Å². The molecule has 0 unspecified atom stereocenters. The van der Waals surface area contributed by atoms with Gasteiger partial charge in [0, 0.05) is 24.3 Å². The third-order valence-corrected chi connectivity index (χ3v) is 3.69. The van der Waals surface area contributed by atoms with Gasteiger partial charge in [0.1, 0.15) is 0 Å². The van der Waals surface area contributed by atoms with Crippen molar-refractivity contribution < 1.29 is 9.53 Å². The average Bonchev–Trinajstić information content (AvgIpc) is 2.85. The van der Waals surface area contributed by atoms with E-state index < -0.39 is 0 Å². The van der Waals surface area contributed by atoms with Crippen molar-refractivity contribution in [3.05, 3.63) is 29.3 Å². The summed E-state index contributed by atoms with van der Waals surface area (Å²) in [5.74, 6) is 0.125. The fourth-order valence-electron chi connectivity index (χ4n) is 2.63. The van der Waals surface area contributed by atoms with E-state index in [1.54, 1.807) is 0 Å². The van der Waals surface area contributed by atoms with E-state index in [0.29, 0.717) is 19.8 Å². The van der Waals surface area contributed by atoms with E-state index >= 15 is 0 Å². The van der Waals surface area contributed by atoms with Gasteiger partial charge < -0.3 is 15.0 Å². The largest absolute Gasteiger partial charge is 0.384 e. The van der Waals surface area contributed by atoms with Crippen molar-refractivity contribution in [1.82, 2.24) is 4.90 Å². The summed E-state index contributed by atoms with van der Waals surface area (Å²) in [4.78, 5) is 14.4. The number of amides is 1. The minimum Gasteiger partial charge on any atom is -0.384 e. The molecule has 2 heterocycles. The number of nitrogens with zero attached hydrogens (tertiary/aromatic N) is 1. The van der Waals surface area contributed by atoms with E-state index in [2.05, 4.69) is 5.32 Å². The summed E-state index contributed by atoms with van der Waals surface area (Å²) >= 11 is 0. The number of fused-ring (bicyclic) bond motifs is 1. The predicted octanol–water partition coefficient (Wildman–Crippen LogP) is 1.52. The zero-order valence-corrected chi connectivity index (χ0v) is 10.6. The van der Waals surface area contributed by atoms with Crippen molar-refractivity contribution >= 4 is 11.6 Å². The molecule has 1 N–H and O–H groups in total. The summed E-state index contributed by atoms with van der Waals surface area (Å²) in [6.07, 6.45) is 1.01. The minimum atomic E-state index is 0.125. The Morgan fingerprint density at radius 3 is 3.22 bits per heavy atom. The number of benzene rings is 1. The number of hydrogen-bond acceptors (Lipinski definition) is 3. The summed E-state index contributed by atoms with van der Waals surface area (Å²) in [6.45, 7) is 4.98. The van der Waals surface area contributed by atoms with Gasteiger partial charge in [-0.2, -0.15) is 0 Å². The maximum atomic E-state index is 12.5. The summed E-state index contributed by atoms with van der Waals surface area (Å²) in [6, 6.07) is 6.12. The van der Waals surface area contributed by atoms with E-state index in [4.69, 9.17) is 4.74 Å². The highest BCUT2D eigenvalue weighted by Gasteiger charge is 2.25. The van der Waals surface area contributed by atoms with Crippen LogP contribution in [-0.2, 0) is 11.2 Å². The SMILES string of the molecule is C[C@@H]1COCCN1C(=O)c1ccc2c(c1)CCN2. The summed E-state index contributed by atoms with van der Waals surface area (Å²) in [5.41, 5.74) is 3.22. The van der Waals surface area contributed by atoms with Crippen molar-refractivity contribution in [1.29, 1.82) is 0 Å². The van der Waals surface area contributed by atoms with Crippen LogP contribution in [0.2, 0.25) is 0 Å². The second-order valence-corrected chi connectivity index (χ2v) is 4.97. The maximum absolute atomic E-state index is 12.5. The number of hydrogen-bond donors (Lipinski definition) is 1. The van der Waals surface area contributed by atoms with Crippen LogP contribution in [0.5, 0.6) is 0 Å². The molecule has 2 aliphatic rings. The number of ether oxygens (including phenoxy) is 1. The Kier molecular flexibility index (Phi) is 2.96. The number of carbonyl (C=O) groups excluding carboxylic acids is 1. The van der Waals surface area contributed by atoms with Crippen molar-refractivity contribution in [2.75, 3.05) is 31.6 Å². The number of carbonyl (C=O) groups is 1. The zero-order chi connectivity index (χ0) is 12.5. The van der Waals surface area contributed by atoms with Crippen molar-refractivity contribution in [3.63, 3.8) is 0 Å². The van der Waals surface area contributed by atoms with Gasteiger partial charge in [0.25, 0.3) is 5.91 Å². The summed E-state index contributed by atoms with van der Waals surface area (Å²) < 4.78 is 5.37. The monoisotopic (exact) mass is 246 g/mol. The topological polar surface area (TPSA) is 41.6 Å². The number of rotatable bonds is 1. The van der Waals surface area contributed by atoms with E-state index in [0.717, 1.165) is 18.5 Å². The highest BCUT2D eigenvalue weighted by Crippen LogP contribution is 2.24. The smallest absolute Gasteiger partial charge is 0.254 e. The summed E-state index contributed by atoms with van der Waals surface area (Å²) in [5, 5.41) is 3.31. The molecule has 18 heavy (non-hydrogen) atoms. The Balaban J connectivity index is 1.83. The van der Waals surface area contributed by atoms with E-state index in [-0.39, 0.29) is 11.9 Å². The van der Waals surface area contributed by atoms with Gasteiger partial charge in [0.15, 0.2) is 0 Å². The lowest BCUT2D eigenvalue weighted by Gasteiger charge is -2.33. The lowest BCUT2D eigenvalue weighted by atomic mass is 10.1. The molecule has 2 aliphatic heterocycles. The van der Waals surface area contributed by atoms with Crippen LogP contribution in [-0.4, -0.2) is 43.2 Å². The number of nitrogens with one attached hydrogen (secondary N) is 1. The minimum absolute atomic E-state index is 0.125. The number of morpholine rings is 1. The molecule has 0 aromatic heterocycles. The summed E-state index contributed by atoms with van der Waals surface area (Å²) in [7, 11) is 0. The molecule has 4 heteroatoms. The van der Waals surface area contributed by atoms with Crippen molar-refractivity contribution in [3.8, 4) is 0 Å². The Hall–Kier alpha value is -1.55. The molecule has 1 fully saturated rings. The standard InChI is InChI=1S/C14H18N2O2/c1-10-9-18-7-6-16(10)14(17)12-2-3-13-11(8-12)4-5-15-13/h2-3,8,10,15H,4-7,9H2,1H3/t10-/m1/s1. The third kappa shape index (κ3) is 1.97. The first kappa shape index (κ1) is 11.5. The molecule has 4 nitrogen and oxygen atoms in total. The predicted molar refractivity (Wildman–Crippen MR) is 70.0 cm³/mol. The van der Waals surface area contributed by atoms with Crippen LogP contribution in [0.3, 0.4) is 0 Å². The van der Waals surface area contributed by atoms with Crippen LogP contribution < -0.4 is 5.32 Å². The van der Waals surface area contributed by atoms with Gasteiger partial charge in [0.2, 0.25) is 0 Å². The Labute approximate surface area is 107 Å². The highest BCUT2D eigenvalue weighted by atomic mass is 16.5. The molecule has 0 bridgehead atoms. The van der Waals surface area contributed by atoms with Gasteiger partial charge >= 0.3 is 0 Å². The van der Waals surface area contributed by atoms with E-state index in [1.165, 1.54) is 11.3 Å². The molecule has 1 saturated heterocycles. The van der Waals surface area contributed by atoms with Crippen LogP contribution in [0, 0.1) is 0 Å². The Morgan fingerprint density at radius 2 is 2.39 bits per heavy atom. The van der Waals surface area contributed by atoms with Crippen LogP contribution in [0.25, 0.3) is 0 Å². The molecule has 0 spiro atoms. The van der Waals surface area contributed by atoms with Crippen molar-refractivity contribution in [2.45, 2.75) is 19.4 Å². The van der Waals surface area contributed by atoms with Crippen LogP contribution in [0.4, 0.5) is 5.69 Å². The second-order valence-electron chi connectivity index (χ2n) is 4.97. The molecule has 96 valence electrons. The molecular formula is C14H18N2O2. The Morgan fingerprint density at radius 1 is 1.50 bits per heavy atom. The fraction of sp³-hybridized carbons (Fsp3) is 0.500. The fourth-order valence-corrected chi connectivity index (χ4v) is 2.63. The molecular weight excluding hydrogens is 228 g/mol. The average molecular weight is 246 g/mol. The second kappa shape index (κ2) is 4.61. The van der Waals surface area contributed by atoms with Gasteiger partial charge in [-0.3, -0.25) is 4.79 Å². The molecule has 1 amide bonds. The molecule has 1 aromatic rings. The van der Waals surface area contributed by atoms with Gasteiger partial charge in [-0.05, 0) is 37.1 Å². The molecule has 1 aromatic carbocycles. The van der Waals surface area contributed by atoms with Gasteiger partial charge in [0.05, 0.1) is 19.3 Å². The molecule has 0 saturated carbocycles. The normalized spacial score (nSPS) is 22.5. The van der Waals surface area contributed by atoms with Crippen LogP contribution >= 0.6 is 0 Å². The zero-order valence-electron chi connectivity index (χ0n) is 10.6. The Bertz CT molecular complexity index is 473. The first-order valence-corrected chi connectivity index (χ1v) is 6.51. The quantitative estimate of drug-likeness (QED) is 0.816. The lowest BCUT2D eigenvalue weighted by Crippen LogP contribution is -2.47. The van der Waals surface area contributed by atoms with E-state index in [1.807, 2.05) is 30.0 Å². The van der Waals surface area contributed by atoms with Gasteiger partial charge in [-0.15, -0.1) is 0 Å². The first-order valence-electron chi connectivity index (χ1n) is 6.51. The first-order chi connectivity index (χ1) is 8.75. The number of anilines is 1. The molecule has 1 atom stereocenters. The lowest BCUT2D eigenvalue weighted by molar-refractivity contribution is 0.00359. The highest BCUT2D eigenvalue weighted by molar-refractivity contribution is 5.95. The third-order valence-electron chi connectivity index (χ3n) is 3.69. The van der Waals surface area contributed by atoms with Crippen molar-refractivity contribution in [2.24, 2.45) is 0 Å². The molecule has 3 rings (SSSR count). The van der Waals surface area contributed by atoms with Gasteiger partial charge in [-0.1, -0.05) is 0 Å². The van der Waals surface area contributed by atoms with E-state index in [9.17, 15) is 4.79 Å². The van der Waals surface area contributed by atoms with Gasteiger partial charge in [-0.25, -0.2) is 0 Å².